The lowest BCUT2D eigenvalue weighted by Gasteiger charge is -2.14. The summed E-state index contributed by atoms with van der Waals surface area (Å²) in [5.41, 5.74) is 0.124. The predicted molar refractivity (Wildman–Crippen MR) is 75.5 cm³/mol. The summed E-state index contributed by atoms with van der Waals surface area (Å²) in [7, 11) is 0. The van der Waals surface area contributed by atoms with Crippen LogP contribution in [-0.2, 0) is 4.79 Å². The molecule has 2 fully saturated rings. The molecule has 0 radical (unpaired) electrons. The summed E-state index contributed by atoms with van der Waals surface area (Å²) >= 11 is 0. The molecule has 2 aliphatic rings. The van der Waals surface area contributed by atoms with E-state index in [0.29, 0.717) is 5.91 Å². The normalized spacial score (nSPS) is 19.9. The Balaban J connectivity index is 1.47. The van der Waals surface area contributed by atoms with Gasteiger partial charge in [0.25, 0.3) is 0 Å². The van der Waals surface area contributed by atoms with E-state index in [0.717, 1.165) is 19.5 Å². The second-order valence-corrected chi connectivity index (χ2v) is 6.30. The Labute approximate surface area is 112 Å². The van der Waals surface area contributed by atoms with E-state index >= 15 is 0 Å². The van der Waals surface area contributed by atoms with Gasteiger partial charge in [-0.3, -0.25) is 4.79 Å². The van der Waals surface area contributed by atoms with Crippen LogP contribution in [0.5, 0.6) is 0 Å². The van der Waals surface area contributed by atoms with Gasteiger partial charge in [0.05, 0.1) is 0 Å². The fourth-order valence-electron chi connectivity index (χ4n) is 2.91. The number of rotatable bonds is 10. The summed E-state index contributed by atoms with van der Waals surface area (Å²) in [6.45, 7) is 4.32. The molecule has 1 saturated carbocycles. The average Bonchev–Trinajstić information content (AvgIpc) is 3.27. The molecule has 1 amide bonds. The van der Waals surface area contributed by atoms with Gasteiger partial charge in [0, 0.05) is 18.5 Å². The SMILES string of the molecule is CCCCCCCCCCC1(C(=O)N2CC2)CC1. The van der Waals surface area contributed by atoms with Crippen molar-refractivity contribution in [3.63, 3.8) is 0 Å². The summed E-state index contributed by atoms with van der Waals surface area (Å²) in [5, 5.41) is 0. The van der Waals surface area contributed by atoms with Gasteiger partial charge in [-0.2, -0.15) is 0 Å². The van der Waals surface area contributed by atoms with Crippen LogP contribution in [0.2, 0.25) is 0 Å². The smallest absolute Gasteiger partial charge is 0.228 e. The molecule has 104 valence electrons. The van der Waals surface area contributed by atoms with Gasteiger partial charge < -0.3 is 4.90 Å². The molecule has 2 heteroatoms. The maximum atomic E-state index is 12.1. The number of unbranched alkanes of at least 4 members (excludes halogenated alkanes) is 7. The molecular weight excluding hydrogens is 222 g/mol. The standard InChI is InChI=1S/C16H29NO/c1-2-3-4-5-6-7-8-9-10-16(11-12-16)15(18)17-13-14-17/h2-14H2,1H3. The first-order valence-corrected chi connectivity index (χ1v) is 8.08. The summed E-state index contributed by atoms with van der Waals surface area (Å²) in [6, 6.07) is 0. The van der Waals surface area contributed by atoms with Gasteiger partial charge in [0.1, 0.15) is 0 Å². The molecule has 0 bridgehead atoms. The van der Waals surface area contributed by atoms with Crippen LogP contribution in [-0.4, -0.2) is 23.9 Å². The van der Waals surface area contributed by atoms with E-state index in [1.807, 2.05) is 4.90 Å². The summed E-state index contributed by atoms with van der Waals surface area (Å²) in [6.07, 6.45) is 14.4. The van der Waals surface area contributed by atoms with Crippen LogP contribution >= 0.6 is 0 Å². The lowest BCUT2D eigenvalue weighted by molar-refractivity contribution is -0.131. The van der Waals surface area contributed by atoms with Crippen molar-refractivity contribution in [1.82, 2.24) is 4.90 Å². The van der Waals surface area contributed by atoms with Crippen molar-refractivity contribution in [3.05, 3.63) is 0 Å². The molecular formula is C16H29NO. The monoisotopic (exact) mass is 251 g/mol. The average molecular weight is 251 g/mol. The molecule has 2 nitrogen and oxygen atoms in total. The largest absolute Gasteiger partial charge is 0.339 e. The van der Waals surface area contributed by atoms with E-state index in [4.69, 9.17) is 0 Å². The maximum absolute atomic E-state index is 12.1. The molecule has 2 rings (SSSR count). The molecule has 0 atom stereocenters. The highest BCUT2D eigenvalue weighted by atomic mass is 16.2. The van der Waals surface area contributed by atoms with Crippen molar-refractivity contribution < 1.29 is 4.79 Å². The Morgan fingerprint density at radius 2 is 1.50 bits per heavy atom. The number of carbonyl (C=O) groups is 1. The number of hydrogen-bond donors (Lipinski definition) is 0. The number of amides is 1. The second-order valence-electron chi connectivity index (χ2n) is 6.30. The van der Waals surface area contributed by atoms with Gasteiger partial charge in [0.15, 0.2) is 0 Å². The third kappa shape index (κ3) is 4.00. The molecule has 1 aliphatic heterocycles. The lowest BCUT2D eigenvalue weighted by atomic mass is 9.96. The highest BCUT2D eigenvalue weighted by molar-refractivity contribution is 5.86. The van der Waals surface area contributed by atoms with Crippen molar-refractivity contribution in [2.24, 2.45) is 5.41 Å². The third-order valence-corrected chi connectivity index (χ3v) is 4.55. The first-order valence-electron chi connectivity index (χ1n) is 8.08. The Hall–Kier alpha value is -0.530. The van der Waals surface area contributed by atoms with Gasteiger partial charge >= 0.3 is 0 Å². The van der Waals surface area contributed by atoms with Crippen molar-refractivity contribution in [1.29, 1.82) is 0 Å². The molecule has 18 heavy (non-hydrogen) atoms. The molecule has 0 aromatic rings. The maximum Gasteiger partial charge on any atom is 0.228 e. The van der Waals surface area contributed by atoms with E-state index < -0.39 is 0 Å². The van der Waals surface area contributed by atoms with Crippen LogP contribution in [0.3, 0.4) is 0 Å². The summed E-state index contributed by atoms with van der Waals surface area (Å²) in [5.74, 6) is 0.477. The number of nitrogens with zero attached hydrogens (tertiary/aromatic N) is 1. The first kappa shape index (κ1) is 13.9. The molecule has 0 N–H and O–H groups in total. The Bertz CT molecular complexity index is 266. The lowest BCUT2D eigenvalue weighted by Crippen LogP contribution is -2.23. The molecule has 0 spiro atoms. The molecule has 1 heterocycles. The van der Waals surface area contributed by atoms with Gasteiger partial charge in [-0.1, -0.05) is 58.3 Å². The van der Waals surface area contributed by atoms with Crippen LogP contribution in [0.15, 0.2) is 0 Å². The Kier molecular flexibility index (Phi) is 5.08. The fraction of sp³-hybridized carbons (Fsp3) is 0.938. The molecule has 0 aromatic heterocycles. The molecule has 0 unspecified atom stereocenters. The van der Waals surface area contributed by atoms with Gasteiger partial charge in [-0.15, -0.1) is 0 Å². The van der Waals surface area contributed by atoms with Gasteiger partial charge in [0.2, 0.25) is 5.91 Å². The quantitative estimate of drug-likeness (QED) is 0.422. The van der Waals surface area contributed by atoms with Crippen LogP contribution < -0.4 is 0 Å². The molecule has 0 aromatic carbocycles. The fourth-order valence-corrected chi connectivity index (χ4v) is 2.91. The topological polar surface area (TPSA) is 20.1 Å². The van der Waals surface area contributed by atoms with Crippen molar-refractivity contribution in [3.8, 4) is 0 Å². The Morgan fingerprint density at radius 3 is 2.00 bits per heavy atom. The van der Waals surface area contributed by atoms with E-state index in [1.54, 1.807) is 0 Å². The number of hydrogen-bond acceptors (Lipinski definition) is 1. The molecule has 1 saturated heterocycles. The van der Waals surface area contributed by atoms with Crippen LogP contribution in [0.4, 0.5) is 0 Å². The predicted octanol–water partition coefficient (Wildman–Crippen LogP) is 4.14. The van der Waals surface area contributed by atoms with Gasteiger partial charge in [-0.05, 0) is 19.3 Å². The highest BCUT2D eigenvalue weighted by Gasteiger charge is 2.52. The van der Waals surface area contributed by atoms with Crippen LogP contribution in [0.25, 0.3) is 0 Å². The van der Waals surface area contributed by atoms with Crippen molar-refractivity contribution >= 4 is 5.91 Å². The molecule has 1 aliphatic carbocycles. The second kappa shape index (κ2) is 6.58. The van der Waals surface area contributed by atoms with E-state index in [9.17, 15) is 4.79 Å². The first-order chi connectivity index (χ1) is 8.78. The minimum absolute atomic E-state index is 0.124. The van der Waals surface area contributed by atoms with Crippen molar-refractivity contribution in [2.75, 3.05) is 13.1 Å². The highest BCUT2D eigenvalue weighted by Crippen LogP contribution is 2.52. The van der Waals surface area contributed by atoms with E-state index in [-0.39, 0.29) is 5.41 Å². The Morgan fingerprint density at radius 1 is 0.944 bits per heavy atom. The minimum Gasteiger partial charge on any atom is -0.339 e. The number of carbonyl (C=O) groups excluding carboxylic acids is 1. The summed E-state index contributed by atoms with van der Waals surface area (Å²) < 4.78 is 0. The van der Waals surface area contributed by atoms with E-state index in [2.05, 4.69) is 6.92 Å². The minimum atomic E-state index is 0.124. The zero-order valence-electron chi connectivity index (χ0n) is 12.0. The zero-order chi connectivity index (χ0) is 12.8. The van der Waals surface area contributed by atoms with Gasteiger partial charge in [-0.25, -0.2) is 0 Å². The van der Waals surface area contributed by atoms with Crippen LogP contribution in [0, 0.1) is 5.41 Å². The van der Waals surface area contributed by atoms with Crippen molar-refractivity contribution in [2.45, 2.75) is 77.6 Å². The third-order valence-electron chi connectivity index (χ3n) is 4.55. The summed E-state index contributed by atoms with van der Waals surface area (Å²) in [4.78, 5) is 14.1. The van der Waals surface area contributed by atoms with Crippen LogP contribution in [0.1, 0.15) is 77.6 Å². The zero-order valence-corrected chi connectivity index (χ0v) is 12.0. The van der Waals surface area contributed by atoms with E-state index in [1.165, 1.54) is 64.2 Å².